The summed E-state index contributed by atoms with van der Waals surface area (Å²) in [6, 6.07) is 12.1. The summed E-state index contributed by atoms with van der Waals surface area (Å²) in [7, 11) is 0. The first kappa shape index (κ1) is 16.8. The summed E-state index contributed by atoms with van der Waals surface area (Å²) < 4.78 is 5.51. The van der Waals surface area contributed by atoms with Crippen molar-refractivity contribution in [3.63, 3.8) is 0 Å². The van der Waals surface area contributed by atoms with E-state index in [1.165, 1.54) is 24.0 Å². The van der Waals surface area contributed by atoms with Crippen LogP contribution in [0.15, 0.2) is 36.4 Å². The fourth-order valence-electron chi connectivity index (χ4n) is 3.78. The van der Waals surface area contributed by atoms with Gasteiger partial charge < -0.3 is 15.0 Å². The number of anilines is 1. The minimum atomic E-state index is -0.128. The van der Waals surface area contributed by atoms with E-state index in [1.807, 2.05) is 12.1 Å². The lowest BCUT2D eigenvalue weighted by Crippen LogP contribution is -2.34. The molecule has 0 bridgehead atoms. The van der Waals surface area contributed by atoms with Crippen LogP contribution in [0, 0.1) is 0 Å². The van der Waals surface area contributed by atoms with Crippen LogP contribution in [0.1, 0.15) is 42.9 Å². The molecule has 1 aromatic heterocycles. The van der Waals surface area contributed by atoms with Crippen molar-refractivity contribution in [2.24, 2.45) is 0 Å². The molecule has 0 unspecified atom stereocenters. The number of benzene rings is 1. The highest BCUT2D eigenvalue weighted by Crippen LogP contribution is 2.29. The Hall–Kier alpha value is -2.63. The van der Waals surface area contributed by atoms with Crippen molar-refractivity contribution in [2.45, 2.75) is 38.1 Å². The van der Waals surface area contributed by atoms with Crippen LogP contribution < -0.4 is 15.0 Å². The van der Waals surface area contributed by atoms with Gasteiger partial charge in [-0.3, -0.25) is 4.79 Å². The number of rotatable bonds is 5. The van der Waals surface area contributed by atoms with Crippen LogP contribution in [0.4, 0.5) is 5.82 Å². The number of nitrogens with zero attached hydrogens (tertiary/aromatic N) is 3. The molecule has 1 fully saturated rings. The van der Waals surface area contributed by atoms with Crippen molar-refractivity contribution in [3.05, 3.63) is 47.5 Å². The van der Waals surface area contributed by atoms with Gasteiger partial charge in [0.05, 0.1) is 6.04 Å². The number of aromatic nitrogens is 2. The fraction of sp³-hybridized carbons (Fsp3) is 0.450. The molecular weight excluding hydrogens is 328 g/mol. The number of hydrogen-bond donors (Lipinski definition) is 1. The van der Waals surface area contributed by atoms with Crippen molar-refractivity contribution < 1.29 is 9.53 Å². The van der Waals surface area contributed by atoms with Gasteiger partial charge in [0.2, 0.25) is 5.88 Å². The predicted molar refractivity (Wildman–Crippen MR) is 99.2 cm³/mol. The molecule has 6 nitrogen and oxygen atoms in total. The number of ether oxygens (including phenoxy) is 1. The zero-order valence-electron chi connectivity index (χ0n) is 14.9. The highest BCUT2D eigenvalue weighted by atomic mass is 16.5. The third-order valence-corrected chi connectivity index (χ3v) is 5.11. The van der Waals surface area contributed by atoms with Gasteiger partial charge in [-0.15, -0.1) is 10.2 Å². The third-order valence-electron chi connectivity index (χ3n) is 5.11. The summed E-state index contributed by atoms with van der Waals surface area (Å²) >= 11 is 0. The van der Waals surface area contributed by atoms with Gasteiger partial charge in [0.1, 0.15) is 0 Å². The first-order valence-corrected chi connectivity index (χ1v) is 9.38. The Morgan fingerprint density at radius 3 is 2.77 bits per heavy atom. The van der Waals surface area contributed by atoms with Crippen LogP contribution in [-0.4, -0.2) is 35.8 Å². The Bertz CT molecular complexity index is 757. The lowest BCUT2D eigenvalue weighted by Gasteiger charge is -2.26. The molecule has 1 aliphatic carbocycles. The van der Waals surface area contributed by atoms with E-state index in [-0.39, 0.29) is 18.6 Å². The number of carbonyl (C=O) groups excluding carboxylic acids is 1. The number of carbonyl (C=O) groups is 1. The normalized spacial score (nSPS) is 19.1. The van der Waals surface area contributed by atoms with Crippen LogP contribution in [0.2, 0.25) is 0 Å². The van der Waals surface area contributed by atoms with Crippen molar-refractivity contribution in [1.82, 2.24) is 15.5 Å². The molecule has 1 N–H and O–H groups in total. The molecule has 1 aliphatic heterocycles. The predicted octanol–water partition coefficient (Wildman–Crippen LogP) is 2.65. The fourth-order valence-corrected chi connectivity index (χ4v) is 3.78. The molecule has 0 radical (unpaired) electrons. The van der Waals surface area contributed by atoms with Gasteiger partial charge in [-0.1, -0.05) is 24.3 Å². The van der Waals surface area contributed by atoms with Crippen LogP contribution in [0.25, 0.3) is 0 Å². The summed E-state index contributed by atoms with van der Waals surface area (Å²) in [5.74, 6) is 1.13. The quantitative estimate of drug-likeness (QED) is 0.896. The average Bonchev–Trinajstić information content (AvgIpc) is 3.22. The van der Waals surface area contributed by atoms with Crippen molar-refractivity contribution in [1.29, 1.82) is 0 Å². The molecule has 6 heteroatoms. The average molecular weight is 352 g/mol. The number of nitrogens with one attached hydrogen (secondary N) is 1. The van der Waals surface area contributed by atoms with E-state index in [2.05, 4.69) is 38.6 Å². The van der Waals surface area contributed by atoms with Crippen LogP contribution in [-0.2, 0) is 11.2 Å². The molecule has 2 heterocycles. The van der Waals surface area contributed by atoms with Crippen LogP contribution in [0.3, 0.4) is 0 Å². The first-order chi connectivity index (χ1) is 12.8. The molecule has 1 atom stereocenters. The largest absolute Gasteiger partial charge is 0.466 e. The lowest BCUT2D eigenvalue weighted by molar-refractivity contribution is -0.124. The molecule has 2 aliphatic rings. The molecule has 1 saturated heterocycles. The smallest absolute Gasteiger partial charge is 0.258 e. The molecule has 0 spiro atoms. The zero-order chi connectivity index (χ0) is 17.8. The molecular formula is C20H24N4O2. The van der Waals surface area contributed by atoms with E-state index in [9.17, 15) is 4.79 Å². The zero-order valence-corrected chi connectivity index (χ0v) is 14.9. The first-order valence-electron chi connectivity index (χ1n) is 9.38. The molecule has 136 valence electrons. The van der Waals surface area contributed by atoms with Gasteiger partial charge in [0, 0.05) is 19.2 Å². The molecule has 4 rings (SSSR count). The summed E-state index contributed by atoms with van der Waals surface area (Å²) in [6.07, 6.45) is 5.53. The van der Waals surface area contributed by atoms with Crippen LogP contribution in [0.5, 0.6) is 5.88 Å². The minimum Gasteiger partial charge on any atom is -0.466 e. The molecule has 1 amide bonds. The van der Waals surface area contributed by atoms with Crippen molar-refractivity contribution in [3.8, 4) is 5.88 Å². The van der Waals surface area contributed by atoms with Gasteiger partial charge in [0.15, 0.2) is 12.4 Å². The minimum absolute atomic E-state index is 0.0452. The second-order valence-electron chi connectivity index (χ2n) is 6.92. The highest BCUT2D eigenvalue weighted by molar-refractivity contribution is 5.78. The number of amides is 1. The van der Waals surface area contributed by atoms with E-state index in [1.54, 1.807) is 6.07 Å². The monoisotopic (exact) mass is 352 g/mol. The van der Waals surface area contributed by atoms with Crippen molar-refractivity contribution >= 4 is 11.7 Å². The van der Waals surface area contributed by atoms with E-state index in [0.717, 1.165) is 38.2 Å². The van der Waals surface area contributed by atoms with Crippen LogP contribution >= 0.6 is 0 Å². The van der Waals surface area contributed by atoms with Gasteiger partial charge in [-0.25, -0.2) is 0 Å². The SMILES string of the molecule is O=C(COc1ccc(N2CCCC2)nn1)N[C@@H]1CCCc2ccccc21. The number of aryl methyl sites for hydroxylation is 1. The third kappa shape index (κ3) is 3.79. The molecule has 26 heavy (non-hydrogen) atoms. The van der Waals surface area contributed by atoms with E-state index >= 15 is 0 Å². The summed E-state index contributed by atoms with van der Waals surface area (Å²) in [5, 5.41) is 11.4. The van der Waals surface area contributed by atoms with E-state index in [4.69, 9.17) is 4.74 Å². The topological polar surface area (TPSA) is 67.3 Å². The van der Waals surface area contributed by atoms with Crippen molar-refractivity contribution in [2.75, 3.05) is 24.6 Å². The number of fused-ring (bicyclic) bond motifs is 1. The second-order valence-corrected chi connectivity index (χ2v) is 6.92. The lowest BCUT2D eigenvalue weighted by atomic mass is 9.88. The maximum absolute atomic E-state index is 12.3. The Morgan fingerprint density at radius 2 is 1.96 bits per heavy atom. The highest BCUT2D eigenvalue weighted by Gasteiger charge is 2.21. The molecule has 2 aromatic rings. The van der Waals surface area contributed by atoms with Gasteiger partial charge >= 0.3 is 0 Å². The second kappa shape index (κ2) is 7.72. The van der Waals surface area contributed by atoms with Gasteiger partial charge in [0.25, 0.3) is 5.91 Å². The number of hydrogen-bond acceptors (Lipinski definition) is 5. The Labute approximate surface area is 153 Å². The standard InChI is InChI=1S/C20H24N4O2/c25-19(21-17-9-5-7-15-6-1-2-8-16(15)17)14-26-20-11-10-18(22-23-20)24-12-3-4-13-24/h1-2,6,8,10-11,17H,3-5,7,9,12-14H2,(H,21,25)/t17-/m1/s1. The summed E-state index contributed by atoms with van der Waals surface area (Å²) in [4.78, 5) is 14.5. The van der Waals surface area contributed by atoms with E-state index < -0.39 is 0 Å². The summed E-state index contributed by atoms with van der Waals surface area (Å²) in [5.41, 5.74) is 2.55. The summed E-state index contributed by atoms with van der Waals surface area (Å²) in [6.45, 7) is 2.01. The maximum Gasteiger partial charge on any atom is 0.258 e. The van der Waals surface area contributed by atoms with E-state index in [0.29, 0.717) is 5.88 Å². The Morgan fingerprint density at radius 1 is 1.12 bits per heavy atom. The van der Waals surface area contributed by atoms with Gasteiger partial charge in [-0.2, -0.15) is 0 Å². The molecule has 0 saturated carbocycles. The maximum atomic E-state index is 12.3. The Kier molecular flexibility index (Phi) is 5.00. The van der Waals surface area contributed by atoms with Gasteiger partial charge in [-0.05, 0) is 49.3 Å². The molecule has 1 aromatic carbocycles. The Balaban J connectivity index is 1.30.